The molecule has 2 saturated heterocycles. The van der Waals surface area contributed by atoms with Crippen LogP contribution in [0.4, 0.5) is 5.69 Å². The van der Waals surface area contributed by atoms with Gasteiger partial charge < -0.3 is 14.5 Å². The van der Waals surface area contributed by atoms with Gasteiger partial charge >= 0.3 is 0 Å². The zero-order valence-electron chi connectivity index (χ0n) is 12.1. The maximum Gasteiger partial charge on any atom is 0.225 e. The van der Waals surface area contributed by atoms with E-state index in [0.29, 0.717) is 5.91 Å². The number of carbonyl (C=O) groups is 1. The number of para-hydroxylation sites is 1. The van der Waals surface area contributed by atoms with E-state index in [1.165, 1.54) is 0 Å². The topological polar surface area (TPSA) is 32.8 Å². The summed E-state index contributed by atoms with van der Waals surface area (Å²) in [4.78, 5) is 16.8. The number of halogens is 1. The first-order valence-corrected chi connectivity index (χ1v) is 7.99. The monoisotopic (exact) mass is 308 g/mol. The Bertz CT molecular complexity index is 495. The smallest absolute Gasteiger partial charge is 0.225 e. The zero-order valence-corrected chi connectivity index (χ0v) is 12.9. The molecular weight excluding hydrogens is 288 g/mol. The minimum atomic E-state index is 0.158. The SMILES string of the molecule is O=C(C1CCOCC1)N1CCN(c2ccccc2Cl)CC1. The highest BCUT2D eigenvalue weighted by Gasteiger charge is 2.29. The lowest BCUT2D eigenvalue weighted by atomic mass is 9.98. The summed E-state index contributed by atoms with van der Waals surface area (Å²) in [5, 5.41) is 0.779. The van der Waals surface area contributed by atoms with Gasteiger partial charge in [-0.1, -0.05) is 23.7 Å². The van der Waals surface area contributed by atoms with Crippen LogP contribution in [-0.2, 0) is 9.53 Å². The van der Waals surface area contributed by atoms with Gasteiger partial charge in [0.15, 0.2) is 0 Å². The minimum absolute atomic E-state index is 0.158. The average Bonchev–Trinajstić information content (AvgIpc) is 2.56. The number of hydrogen-bond donors (Lipinski definition) is 0. The number of benzene rings is 1. The number of carbonyl (C=O) groups excluding carboxylic acids is 1. The summed E-state index contributed by atoms with van der Waals surface area (Å²) in [6.07, 6.45) is 1.73. The third-order valence-corrected chi connectivity index (χ3v) is 4.67. The maximum atomic E-state index is 12.5. The summed E-state index contributed by atoms with van der Waals surface area (Å²) in [5.41, 5.74) is 1.07. The van der Waals surface area contributed by atoms with E-state index in [1.54, 1.807) is 0 Å². The molecule has 114 valence electrons. The van der Waals surface area contributed by atoms with Crippen molar-refractivity contribution in [2.24, 2.45) is 5.92 Å². The van der Waals surface area contributed by atoms with Crippen LogP contribution >= 0.6 is 11.6 Å². The van der Waals surface area contributed by atoms with Crippen molar-refractivity contribution in [3.63, 3.8) is 0 Å². The number of anilines is 1. The summed E-state index contributed by atoms with van der Waals surface area (Å²) in [6.45, 7) is 4.69. The highest BCUT2D eigenvalue weighted by molar-refractivity contribution is 6.33. The minimum Gasteiger partial charge on any atom is -0.381 e. The normalized spacial score (nSPS) is 20.6. The van der Waals surface area contributed by atoms with Gasteiger partial charge in [0.25, 0.3) is 0 Å². The van der Waals surface area contributed by atoms with Crippen LogP contribution in [0.2, 0.25) is 5.02 Å². The Kier molecular flexibility index (Phi) is 4.66. The molecule has 1 amide bonds. The van der Waals surface area contributed by atoms with Crippen molar-refractivity contribution in [1.29, 1.82) is 0 Å². The highest BCUT2D eigenvalue weighted by Crippen LogP contribution is 2.26. The molecule has 21 heavy (non-hydrogen) atoms. The Labute approximate surface area is 130 Å². The molecule has 3 rings (SSSR count). The standard InChI is InChI=1S/C16H21ClN2O2/c17-14-3-1-2-4-15(14)18-7-9-19(10-8-18)16(20)13-5-11-21-12-6-13/h1-4,13H,5-12H2. The second kappa shape index (κ2) is 6.67. The van der Waals surface area contributed by atoms with Crippen molar-refractivity contribution in [1.82, 2.24) is 4.90 Å². The van der Waals surface area contributed by atoms with Gasteiger partial charge in [0.2, 0.25) is 5.91 Å². The van der Waals surface area contributed by atoms with Crippen LogP contribution in [0.5, 0.6) is 0 Å². The molecule has 5 heteroatoms. The number of nitrogens with zero attached hydrogens (tertiary/aromatic N) is 2. The van der Waals surface area contributed by atoms with Crippen LogP contribution in [0.3, 0.4) is 0 Å². The van der Waals surface area contributed by atoms with Crippen LogP contribution in [-0.4, -0.2) is 50.2 Å². The van der Waals surface area contributed by atoms with Crippen LogP contribution in [0.25, 0.3) is 0 Å². The molecule has 0 bridgehead atoms. The van der Waals surface area contributed by atoms with Gasteiger partial charge in [-0.3, -0.25) is 4.79 Å². The van der Waals surface area contributed by atoms with Gasteiger partial charge in [-0.05, 0) is 25.0 Å². The molecule has 0 radical (unpaired) electrons. The van der Waals surface area contributed by atoms with E-state index in [1.807, 2.05) is 29.2 Å². The first-order chi connectivity index (χ1) is 10.3. The third-order valence-electron chi connectivity index (χ3n) is 4.36. The number of rotatable bonds is 2. The van der Waals surface area contributed by atoms with Gasteiger partial charge in [0, 0.05) is 45.3 Å². The van der Waals surface area contributed by atoms with Crippen LogP contribution < -0.4 is 4.90 Å². The lowest BCUT2D eigenvalue weighted by Crippen LogP contribution is -2.51. The van der Waals surface area contributed by atoms with Crippen molar-refractivity contribution in [3.05, 3.63) is 29.3 Å². The van der Waals surface area contributed by atoms with Crippen LogP contribution in [0.15, 0.2) is 24.3 Å². The van der Waals surface area contributed by atoms with Crippen molar-refractivity contribution < 1.29 is 9.53 Å². The van der Waals surface area contributed by atoms with Crippen molar-refractivity contribution >= 4 is 23.2 Å². The quantitative estimate of drug-likeness (QED) is 0.841. The molecule has 0 spiro atoms. The Hall–Kier alpha value is -1.26. The number of amides is 1. The van der Waals surface area contributed by atoms with Crippen LogP contribution in [0, 0.1) is 5.92 Å². The summed E-state index contributed by atoms with van der Waals surface area (Å²) >= 11 is 6.24. The van der Waals surface area contributed by atoms with Crippen molar-refractivity contribution in [2.75, 3.05) is 44.3 Å². The lowest BCUT2D eigenvalue weighted by molar-refractivity contribution is -0.138. The van der Waals surface area contributed by atoms with E-state index >= 15 is 0 Å². The van der Waals surface area contributed by atoms with E-state index in [-0.39, 0.29) is 5.92 Å². The third kappa shape index (κ3) is 3.33. The number of hydrogen-bond acceptors (Lipinski definition) is 3. The molecule has 0 saturated carbocycles. The van der Waals surface area contributed by atoms with E-state index in [4.69, 9.17) is 16.3 Å². The first-order valence-electron chi connectivity index (χ1n) is 7.62. The van der Waals surface area contributed by atoms with Gasteiger partial charge in [-0.2, -0.15) is 0 Å². The Morgan fingerprint density at radius 2 is 1.76 bits per heavy atom. The molecular formula is C16H21ClN2O2. The van der Waals surface area contributed by atoms with E-state index < -0.39 is 0 Å². The van der Waals surface area contributed by atoms with E-state index in [9.17, 15) is 4.79 Å². The Morgan fingerprint density at radius 3 is 2.43 bits per heavy atom. The molecule has 4 nitrogen and oxygen atoms in total. The molecule has 1 aromatic carbocycles. The average molecular weight is 309 g/mol. The van der Waals surface area contributed by atoms with Gasteiger partial charge in [-0.15, -0.1) is 0 Å². The molecule has 0 aliphatic carbocycles. The summed E-state index contributed by atoms with van der Waals surface area (Å²) in [7, 11) is 0. The second-order valence-electron chi connectivity index (χ2n) is 5.65. The zero-order chi connectivity index (χ0) is 14.7. The molecule has 0 atom stereocenters. The van der Waals surface area contributed by atoms with Gasteiger partial charge in [-0.25, -0.2) is 0 Å². The first kappa shape index (κ1) is 14.7. The molecule has 1 aromatic rings. The fourth-order valence-electron chi connectivity index (χ4n) is 3.08. The van der Waals surface area contributed by atoms with E-state index in [0.717, 1.165) is 62.9 Å². The molecule has 0 aromatic heterocycles. The number of piperazine rings is 1. The molecule has 2 aliphatic rings. The molecule has 2 fully saturated rings. The predicted octanol–water partition coefficient (Wildman–Crippen LogP) is 2.42. The maximum absolute atomic E-state index is 12.5. The summed E-state index contributed by atoms with van der Waals surface area (Å²) < 4.78 is 5.33. The molecule has 2 aliphatic heterocycles. The molecule has 0 N–H and O–H groups in total. The Morgan fingerprint density at radius 1 is 1.10 bits per heavy atom. The lowest BCUT2D eigenvalue weighted by Gasteiger charge is -2.38. The summed E-state index contributed by atoms with van der Waals surface area (Å²) in [5.74, 6) is 0.461. The number of ether oxygens (including phenoxy) is 1. The van der Waals surface area contributed by atoms with Gasteiger partial charge in [0.05, 0.1) is 10.7 Å². The fraction of sp³-hybridized carbons (Fsp3) is 0.562. The van der Waals surface area contributed by atoms with E-state index in [2.05, 4.69) is 4.90 Å². The van der Waals surface area contributed by atoms with Crippen LogP contribution in [0.1, 0.15) is 12.8 Å². The summed E-state index contributed by atoms with van der Waals surface area (Å²) in [6, 6.07) is 7.90. The predicted molar refractivity (Wildman–Crippen MR) is 83.8 cm³/mol. The Balaban J connectivity index is 1.57. The molecule has 0 unspecified atom stereocenters. The van der Waals surface area contributed by atoms with Crippen molar-refractivity contribution in [2.45, 2.75) is 12.8 Å². The van der Waals surface area contributed by atoms with Gasteiger partial charge in [0.1, 0.15) is 0 Å². The largest absolute Gasteiger partial charge is 0.381 e. The molecule has 2 heterocycles. The van der Waals surface area contributed by atoms with Crippen molar-refractivity contribution in [3.8, 4) is 0 Å². The highest BCUT2D eigenvalue weighted by atomic mass is 35.5. The fourth-order valence-corrected chi connectivity index (χ4v) is 3.33. The second-order valence-corrected chi connectivity index (χ2v) is 6.06.